The number of carbonyl (C=O) groups excluding carboxylic acids is 1. The zero-order valence-corrected chi connectivity index (χ0v) is 8.31. The molecule has 0 aliphatic carbocycles. The lowest BCUT2D eigenvalue weighted by molar-refractivity contribution is 0.110. The highest BCUT2D eigenvalue weighted by molar-refractivity contribution is 9.10. The van der Waals surface area contributed by atoms with Crippen LogP contribution in [0.25, 0.3) is 0 Å². The van der Waals surface area contributed by atoms with Gasteiger partial charge in [0.05, 0.1) is 5.56 Å². The Balaban J connectivity index is 3.43. The van der Waals surface area contributed by atoms with Crippen LogP contribution in [0.15, 0.2) is 10.8 Å². The molecule has 1 aromatic heterocycles. The van der Waals surface area contributed by atoms with Gasteiger partial charge in [-0.1, -0.05) is 0 Å². The van der Waals surface area contributed by atoms with Crippen molar-refractivity contribution in [3.63, 3.8) is 0 Å². The number of nitrogens with zero attached hydrogens (tertiary/aromatic N) is 1. The van der Waals surface area contributed by atoms with Crippen LogP contribution in [0.5, 0.6) is 0 Å². The van der Waals surface area contributed by atoms with Gasteiger partial charge < -0.3 is 0 Å². The molecule has 0 saturated carbocycles. The molecule has 0 bridgehead atoms. The van der Waals surface area contributed by atoms with Gasteiger partial charge >= 0.3 is 0 Å². The predicted octanol–water partition coefficient (Wildman–Crippen LogP) is 2.90. The number of rotatable bonds is 2. The van der Waals surface area contributed by atoms with Crippen molar-refractivity contribution < 1.29 is 13.6 Å². The van der Waals surface area contributed by atoms with E-state index >= 15 is 0 Å². The summed E-state index contributed by atoms with van der Waals surface area (Å²) >= 11 is 2.87. The number of aromatic nitrogens is 1. The first-order valence-electron chi connectivity index (χ1n) is 3.46. The van der Waals surface area contributed by atoms with Crippen LogP contribution in [-0.4, -0.2) is 11.3 Å². The Morgan fingerprint density at radius 1 is 1.62 bits per heavy atom. The SMILES string of the molecule is Cc1cnc(Br)c(C(F)F)c1C=O. The molecule has 0 radical (unpaired) electrons. The van der Waals surface area contributed by atoms with E-state index in [2.05, 4.69) is 20.9 Å². The fraction of sp³-hybridized carbons (Fsp3) is 0.250. The topological polar surface area (TPSA) is 30.0 Å². The van der Waals surface area contributed by atoms with E-state index in [0.29, 0.717) is 11.8 Å². The summed E-state index contributed by atoms with van der Waals surface area (Å²) in [4.78, 5) is 14.2. The van der Waals surface area contributed by atoms with Crippen LogP contribution in [0.2, 0.25) is 0 Å². The Kier molecular flexibility index (Phi) is 3.08. The monoisotopic (exact) mass is 249 g/mol. The molecule has 0 aromatic carbocycles. The third kappa shape index (κ3) is 1.91. The lowest BCUT2D eigenvalue weighted by Gasteiger charge is -2.07. The number of hydrogen-bond donors (Lipinski definition) is 0. The number of aryl methyl sites for hydroxylation is 1. The molecule has 0 N–H and O–H groups in total. The second-order valence-electron chi connectivity index (χ2n) is 2.48. The molecule has 0 aliphatic heterocycles. The molecule has 0 saturated heterocycles. The number of carbonyl (C=O) groups is 1. The van der Waals surface area contributed by atoms with Gasteiger partial charge in [-0.15, -0.1) is 0 Å². The Bertz CT molecular complexity index is 341. The van der Waals surface area contributed by atoms with Gasteiger partial charge in [0.15, 0.2) is 6.29 Å². The summed E-state index contributed by atoms with van der Waals surface area (Å²) in [5, 5.41) is 0. The lowest BCUT2D eigenvalue weighted by atomic mass is 10.1. The average Bonchev–Trinajstić information content (AvgIpc) is 2.07. The molecule has 13 heavy (non-hydrogen) atoms. The fourth-order valence-electron chi connectivity index (χ4n) is 0.980. The van der Waals surface area contributed by atoms with Crippen LogP contribution in [0.3, 0.4) is 0 Å². The van der Waals surface area contributed by atoms with Crippen molar-refractivity contribution in [1.29, 1.82) is 0 Å². The van der Waals surface area contributed by atoms with Crippen LogP contribution >= 0.6 is 15.9 Å². The molecule has 5 heteroatoms. The highest BCUT2D eigenvalue weighted by Crippen LogP contribution is 2.29. The molecule has 0 atom stereocenters. The van der Waals surface area contributed by atoms with Crippen LogP contribution in [0.4, 0.5) is 8.78 Å². The van der Waals surface area contributed by atoms with E-state index < -0.39 is 6.43 Å². The van der Waals surface area contributed by atoms with E-state index in [0.717, 1.165) is 0 Å². The summed E-state index contributed by atoms with van der Waals surface area (Å²) in [6, 6.07) is 0. The Morgan fingerprint density at radius 2 is 2.23 bits per heavy atom. The molecular weight excluding hydrogens is 244 g/mol. The minimum Gasteiger partial charge on any atom is -0.298 e. The van der Waals surface area contributed by atoms with Crippen molar-refractivity contribution in [2.24, 2.45) is 0 Å². The Labute approximate surface area is 82.1 Å². The van der Waals surface area contributed by atoms with Crippen molar-refractivity contribution in [2.45, 2.75) is 13.3 Å². The minimum atomic E-state index is -2.69. The van der Waals surface area contributed by atoms with Gasteiger partial charge in [-0.2, -0.15) is 0 Å². The molecule has 1 aromatic rings. The van der Waals surface area contributed by atoms with E-state index in [1.54, 1.807) is 6.92 Å². The molecule has 0 fully saturated rings. The maximum atomic E-state index is 12.4. The van der Waals surface area contributed by atoms with E-state index in [-0.39, 0.29) is 15.7 Å². The lowest BCUT2D eigenvalue weighted by Crippen LogP contribution is -2.00. The highest BCUT2D eigenvalue weighted by Gasteiger charge is 2.18. The fourth-order valence-corrected chi connectivity index (χ4v) is 1.47. The highest BCUT2D eigenvalue weighted by atomic mass is 79.9. The average molecular weight is 250 g/mol. The van der Waals surface area contributed by atoms with Crippen LogP contribution < -0.4 is 0 Å². The number of aldehydes is 1. The van der Waals surface area contributed by atoms with Crippen LogP contribution in [0, 0.1) is 6.92 Å². The van der Waals surface area contributed by atoms with Gasteiger partial charge in [-0.05, 0) is 28.4 Å². The standard InChI is InChI=1S/C8H6BrF2NO/c1-4-2-12-7(9)6(8(10)11)5(4)3-13/h2-3,8H,1H3. The summed E-state index contributed by atoms with van der Waals surface area (Å²) in [5.41, 5.74) is 0.125. The summed E-state index contributed by atoms with van der Waals surface area (Å²) in [6.07, 6.45) is -0.898. The summed E-state index contributed by atoms with van der Waals surface area (Å²) in [7, 11) is 0. The van der Waals surface area contributed by atoms with E-state index in [4.69, 9.17) is 0 Å². The molecule has 0 aliphatic rings. The van der Waals surface area contributed by atoms with Crippen LogP contribution in [-0.2, 0) is 0 Å². The predicted molar refractivity (Wildman–Crippen MR) is 47.0 cm³/mol. The third-order valence-electron chi connectivity index (χ3n) is 1.64. The second kappa shape index (κ2) is 3.91. The molecule has 0 spiro atoms. The maximum Gasteiger partial charge on any atom is 0.267 e. The van der Waals surface area contributed by atoms with Crippen LogP contribution in [0.1, 0.15) is 27.9 Å². The first-order valence-corrected chi connectivity index (χ1v) is 4.25. The van der Waals surface area contributed by atoms with Crippen molar-refractivity contribution in [1.82, 2.24) is 4.98 Å². The molecule has 1 rings (SSSR count). The van der Waals surface area contributed by atoms with E-state index in [1.807, 2.05) is 0 Å². The Hall–Kier alpha value is -0.840. The molecule has 70 valence electrons. The minimum absolute atomic E-state index is 0.0110. The van der Waals surface area contributed by atoms with Crippen molar-refractivity contribution >= 4 is 22.2 Å². The molecule has 0 amide bonds. The van der Waals surface area contributed by atoms with Gasteiger partial charge in [-0.3, -0.25) is 4.79 Å². The number of alkyl halides is 2. The zero-order valence-electron chi connectivity index (χ0n) is 6.72. The number of hydrogen-bond acceptors (Lipinski definition) is 2. The van der Waals surface area contributed by atoms with Crippen molar-refractivity contribution in [3.05, 3.63) is 27.5 Å². The van der Waals surface area contributed by atoms with Gasteiger partial charge in [0, 0.05) is 11.8 Å². The second-order valence-corrected chi connectivity index (χ2v) is 3.23. The Morgan fingerprint density at radius 3 is 2.62 bits per heavy atom. The van der Waals surface area contributed by atoms with Gasteiger partial charge in [0.25, 0.3) is 6.43 Å². The first kappa shape index (κ1) is 10.2. The molecular formula is C8H6BrF2NO. The van der Waals surface area contributed by atoms with Crippen molar-refractivity contribution in [2.75, 3.05) is 0 Å². The molecule has 2 nitrogen and oxygen atoms in total. The van der Waals surface area contributed by atoms with Gasteiger partial charge in [0.1, 0.15) is 4.60 Å². The molecule has 1 heterocycles. The summed E-state index contributed by atoms with van der Waals surface area (Å²) in [5.74, 6) is 0. The van der Waals surface area contributed by atoms with E-state index in [9.17, 15) is 13.6 Å². The van der Waals surface area contributed by atoms with Crippen molar-refractivity contribution in [3.8, 4) is 0 Å². The summed E-state index contributed by atoms with van der Waals surface area (Å²) in [6.45, 7) is 1.56. The normalized spacial score (nSPS) is 10.5. The quantitative estimate of drug-likeness (QED) is 0.596. The maximum absolute atomic E-state index is 12.4. The van der Waals surface area contributed by atoms with E-state index in [1.165, 1.54) is 6.20 Å². The molecule has 0 unspecified atom stereocenters. The summed E-state index contributed by atoms with van der Waals surface area (Å²) < 4.78 is 24.9. The zero-order chi connectivity index (χ0) is 10.0. The van der Waals surface area contributed by atoms with Gasteiger partial charge in [-0.25, -0.2) is 13.8 Å². The number of halogens is 3. The first-order chi connectivity index (χ1) is 6.07. The largest absolute Gasteiger partial charge is 0.298 e. The number of pyridine rings is 1. The third-order valence-corrected chi connectivity index (χ3v) is 2.28. The van der Waals surface area contributed by atoms with Gasteiger partial charge in [0.2, 0.25) is 0 Å². The smallest absolute Gasteiger partial charge is 0.267 e.